The SMILES string of the molecule is CCOC(=O)N1CCC2(CC(N3CCC4(CC3)CN(C(C)C)C(=O)O4)C2)C1. The highest BCUT2D eigenvalue weighted by atomic mass is 16.6. The number of piperidine rings is 1. The topological polar surface area (TPSA) is 62.3 Å². The van der Waals surface area contributed by atoms with Crippen LogP contribution in [0.4, 0.5) is 9.59 Å². The smallest absolute Gasteiger partial charge is 0.410 e. The number of likely N-dealkylation sites (tertiary alicyclic amines) is 2. The van der Waals surface area contributed by atoms with Crippen LogP contribution in [0.25, 0.3) is 0 Å². The fourth-order valence-electron chi connectivity index (χ4n) is 5.44. The second-order valence-electron chi connectivity index (χ2n) is 9.24. The second kappa shape index (κ2) is 6.83. The van der Waals surface area contributed by atoms with Crippen LogP contribution in [0, 0.1) is 5.41 Å². The molecule has 7 nitrogen and oxygen atoms in total. The lowest BCUT2D eigenvalue weighted by Gasteiger charge is -2.52. The summed E-state index contributed by atoms with van der Waals surface area (Å²) in [6.07, 6.45) is 5.00. The van der Waals surface area contributed by atoms with Crippen LogP contribution in [0.2, 0.25) is 0 Å². The highest BCUT2D eigenvalue weighted by Gasteiger charge is 2.54. The summed E-state index contributed by atoms with van der Waals surface area (Å²) in [5.74, 6) is 0. The van der Waals surface area contributed by atoms with Crippen molar-refractivity contribution in [1.29, 1.82) is 0 Å². The molecule has 27 heavy (non-hydrogen) atoms. The number of hydrogen-bond acceptors (Lipinski definition) is 5. The summed E-state index contributed by atoms with van der Waals surface area (Å²) in [6, 6.07) is 0.814. The molecule has 4 rings (SSSR count). The van der Waals surface area contributed by atoms with E-state index >= 15 is 0 Å². The predicted octanol–water partition coefficient (Wildman–Crippen LogP) is 2.69. The molecule has 7 heteroatoms. The second-order valence-corrected chi connectivity index (χ2v) is 9.24. The molecule has 2 spiro atoms. The number of carbonyl (C=O) groups excluding carboxylic acids is 2. The van der Waals surface area contributed by atoms with Gasteiger partial charge in [-0.1, -0.05) is 0 Å². The van der Waals surface area contributed by atoms with Crippen molar-refractivity contribution < 1.29 is 19.1 Å². The van der Waals surface area contributed by atoms with Crippen molar-refractivity contribution in [1.82, 2.24) is 14.7 Å². The molecule has 0 radical (unpaired) electrons. The lowest BCUT2D eigenvalue weighted by Crippen LogP contribution is -2.57. The first-order chi connectivity index (χ1) is 12.9. The van der Waals surface area contributed by atoms with E-state index in [9.17, 15) is 9.59 Å². The molecule has 0 unspecified atom stereocenters. The van der Waals surface area contributed by atoms with Crippen LogP contribution in [0.5, 0.6) is 0 Å². The fourth-order valence-corrected chi connectivity index (χ4v) is 5.44. The zero-order valence-corrected chi connectivity index (χ0v) is 16.9. The highest BCUT2D eigenvalue weighted by Crippen LogP contribution is 2.51. The molecule has 0 atom stereocenters. The van der Waals surface area contributed by atoms with Gasteiger partial charge in [0.25, 0.3) is 0 Å². The molecule has 4 fully saturated rings. The van der Waals surface area contributed by atoms with Gasteiger partial charge in [0.05, 0.1) is 13.2 Å². The number of ether oxygens (including phenoxy) is 2. The lowest BCUT2D eigenvalue weighted by molar-refractivity contribution is -0.0511. The van der Waals surface area contributed by atoms with Gasteiger partial charge in [-0.25, -0.2) is 9.59 Å². The summed E-state index contributed by atoms with van der Waals surface area (Å²) < 4.78 is 11.0. The van der Waals surface area contributed by atoms with Crippen LogP contribution >= 0.6 is 0 Å². The van der Waals surface area contributed by atoms with Crippen molar-refractivity contribution in [2.75, 3.05) is 39.3 Å². The maximum Gasteiger partial charge on any atom is 0.410 e. The molecule has 0 N–H and O–H groups in total. The van der Waals surface area contributed by atoms with E-state index in [4.69, 9.17) is 9.47 Å². The van der Waals surface area contributed by atoms with Crippen molar-refractivity contribution in [3.63, 3.8) is 0 Å². The van der Waals surface area contributed by atoms with E-state index in [2.05, 4.69) is 4.90 Å². The quantitative estimate of drug-likeness (QED) is 0.754. The van der Waals surface area contributed by atoms with Gasteiger partial charge in [0.2, 0.25) is 0 Å². The van der Waals surface area contributed by atoms with Gasteiger partial charge in [0.15, 0.2) is 0 Å². The van der Waals surface area contributed by atoms with Gasteiger partial charge < -0.3 is 24.2 Å². The summed E-state index contributed by atoms with van der Waals surface area (Å²) in [5, 5.41) is 0. The highest BCUT2D eigenvalue weighted by molar-refractivity contribution is 5.71. The molecule has 0 bridgehead atoms. The van der Waals surface area contributed by atoms with Crippen molar-refractivity contribution >= 4 is 12.2 Å². The summed E-state index contributed by atoms with van der Waals surface area (Å²) in [7, 11) is 0. The summed E-state index contributed by atoms with van der Waals surface area (Å²) in [6.45, 7) is 10.8. The van der Waals surface area contributed by atoms with Crippen LogP contribution in [-0.2, 0) is 9.47 Å². The lowest BCUT2D eigenvalue weighted by atomic mass is 9.64. The Labute approximate surface area is 161 Å². The van der Waals surface area contributed by atoms with Crippen LogP contribution < -0.4 is 0 Å². The molecule has 0 aromatic carbocycles. The number of rotatable bonds is 3. The van der Waals surface area contributed by atoms with Gasteiger partial charge in [-0.2, -0.15) is 0 Å². The van der Waals surface area contributed by atoms with Gasteiger partial charge in [0.1, 0.15) is 5.60 Å². The molecule has 3 saturated heterocycles. The minimum absolute atomic E-state index is 0.147. The molecule has 0 aromatic rings. The summed E-state index contributed by atoms with van der Waals surface area (Å²) >= 11 is 0. The third kappa shape index (κ3) is 3.39. The Bertz CT molecular complexity index is 594. The number of hydrogen-bond donors (Lipinski definition) is 0. The molecule has 1 aliphatic carbocycles. The monoisotopic (exact) mass is 379 g/mol. The van der Waals surface area contributed by atoms with E-state index in [-0.39, 0.29) is 23.8 Å². The largest absolute Gasteiger partial charge is 0.450 e. The van der Waals surface area contributed by atoms with E-state index in [1.807, 2.05) is 30.6 Å². The molecular formula is C20H33N3O4. The first kappa shape index (κ1) is 18.8. The van der Waals surface area contributed by atoms with E-state index < -0.39 is 0 Å². The normalized spacial score (nSPS) is 33.0. The van der Waals surface area contributed by atoms with Gasteiger partial charge in [-0.05, 0) is 45.4 Å². The Morgan fingerprint density at radius 2 is 1.89 bits per heavy atom. The van der Waals surface area contributed by atoms with Crippen LogP contribution in [0.3, 0.4) is 0 Å². The molecule has 1 saturated carbocycles. The van der Waals surface area contributed by atoms with Gasteiger partial charge in [-0.3, -0.25) is 0 Å². The Kier molecular flexibility index (Phi) is 4.77. The third-order valence-electron chi connectivity index (χ3n) is 7.15. The Morgan fingerprint density at radius 1 is 1.19 bits per heavy atom. The van der Waals surface area contributed by atoms with Gasteiger partial charge >= 0.3 is 12.2 Å². The summed E-state index contributed by atoms with van der Waals surface area (Å²) in [4.78, 5) is 30.4. The van der Waals surface area contributed by atoms with Crippen molar-refractivity contribution in [3.8, 4) is 0 Å². The Hall–Kier alpha value is -1.50. The molecule has 152 valence electrons. The molecule has 3 heterocycles. The molecule has 0 aromatic heterocycles. The minimum atomic E-state index is -0.270. The molecule has 2 amide bonds. The first-order valence-corrected chi connectivity index (χ1v) is 10.5. The van der Waals surface area contributed by atoms with Crippen molar-refractivity contribution in [3.05, 3.63) is 0 Å². The zero-order chi connectivity index (χ0) is 19.2. The number of nitrogens with zero attached hydrogens (tertiary/aromatic N) is 3. The minimum Gasteiger partial charge on any atom is -0.450 e. The molecule has 3 aliphatic heterocycles. The maximum atomic E-state index is 12.1. The van der Waals surface area contributed by atoms with E-state index in [0.29, 0.717) is 18.1 Å². The zero-order valence-electron chi connectivity index (χ0n) is 16.9. The van der Waals surface area contributed by atoms with Crippen molar-refractivity contribution in [2.45, 2.75) is 70.6 Å². The summed E-state index contributed by atoms with van der Waals surface area (Å²) in [5.41, 5.74) is 0.0359. The molecular weight excluding hydrogens is 346 g/mol. The predicted molar refractivity (Wildman–Crippen MR) is 101 cm³/mol. The average molecular weight is 380 g/mol. The van der Waals surface area contributed by atoms with E-state index in [1.54, 1.807) is 0 Å². The first-order valence-electron chi connectivity index (χ1n) is 10.5. The maximum absolute atomic E-state index is 12.1. The average Bonchev–Trinajstić information content (AvgIpc) is 3.17. The van der Waals surface area contributed by atoms with Crippen LogP contribution in [0.1, 0.15) is 52.9 Å². The number of amides is 2. The third-order valence-corrected chi connectivity index (χ3v) is 7.15. The molecule has 4 aliphatic rings. The van der Waals surface area contributed by atoms with Gasteiger partial charge in [0, 0.05) is 51.1 Å². The Morgan fingerprint density at radius 3 is 2.48 bits per heavy atom. The standard InChI is InChI=1S/C20H33N3O4/c1-4-26-17(24)22-8-5-19(13-22)11-16(12-19)21-9-6-20(7-10-21)14-23(15(2)3)18(25)27-20/h15-16H,4-14H2,1-3H3. The van der Waals surface area contributed by atoms with Crippen LogP contribution in [0.15, 0.2) is 0 Å². The van der Waals surface area contributed by atoms with Crippen LogP contribution in [-0.4, -0.2) is 83.9 Å². The van der Waals surface area contributed by atoms with E-state index in [0.717, 1.165) is 52.0 Å². The van der Waals surface area contributed by atoms with Crippen molar-refractivity contribution in [2.24, 2.45) is 5.41 Å². The fraction of sp³-hybridized carbons (Fsp3) is 0.900. The number of carbonyl (C=O) groups is 2. The van der Waals surface area contributed by atoms with E-state index in [1.165, 1.54) is 12.8 Å². The van der Waals surface area contributed by atoms with Gasteiger partial charge in [-0.15, -0.1) is 0 Å². The Balaban J connectivity index is 1.26.